The van der Waals surface area contributed by atoms with Crippen LogP contribution in [0.25, 0.3) is 0 Å². The Balaban J connectivity index is 2.89. The summed E-state index contributed by atoms with van der Waals surface area (Å²) < 4.78 is 1.55. The minimum absolute atomic E-state index is 0.110. The molecule has 0 bridgehead atoms. The first-order valence-electron chi connectivity index (χ1n) is 5.91. The van der Waals surface area contributed by atoms with Gasteiger partial charge < -0.3 is 5.32 Å². The van der Waals surface area contributed by atoms with E-state index in [1.807, 2.05) is 6.92 Å². The van der Waals surface area contributed by atoms with Crippen LogP contribution in [0.4, 0.5) is 11.5 Å². The summed E-state index contributed by atoms with van der Waals surface area (Å²) in [6.45, 7) is 6.84. The van der Waals surface area contributed by atoms with Crippen LogP contribution in [-0.4, -0.2) is 21.2 Å². The maximum Gasteiger partial charge on any atom is 0.333 e. The number of hydrogen-bond acceptors (Lipinski definition) is 4. The lowest BCUT2D eigenvalue weighted by Gasteiger charge is -2.07. The molecule has 0 aliphatic rings. The van der Waals surface area contributed by atoms with Crippen LogP contribution in [0.2, 0.25) is 0 Å². The van der Waals surface area contributed by atoms with Crippen LogP contribution in [0.15, 0.2) is 0 Å². The van der Waals surface area contributed by atoms with Gasteiger partial charge in [0.25, 0.3) is 0 Å². The number of nitrogens with one attached hydrogen (secondary N) is 1. The van der Waals surface area contributed by atoms with Gasteiger partial charge in [0.05, 0.1) is 4.92 Å². The van der Waals surface area contributed by atoms with E-state index in [1.54, 1.807) is 11.7 Å². The molecule has 0 saturated heterocycles. The van der Waals surface area contributed by atoms with Gasteiger partial charge in [-0.3, -0.25) is 10.1 Å². The third kappa shape index (κ3) is 3.18. The predicted octanol–water partition coefficient (Wildman–Crippen LogP) is 2.35. The third-order valence-corrected chi connectivity index (χ3v) is 2.62. The van der Waals surface area contributed by atoms with Crippen molar-refractivity contribution >= 4 is 11.5 Å². The summed E-state index contributed by atoms with van der Waals surface area (Å²) in [6, 6.07) is 0. The molecule has 0 aliphatic carbocycles. The Labute approximate surface area is 101 Å². The lowest BCUT2D eigenvalue weighted by atomic mass is 10.1. The molecule has 0 fully saturated rings. The molecule has 0 aliphatic heterocycles. The van der Waals surface area contributed by atoms with Crippen molar-refractivity contribution in [2.45, 2.75) is 33.6 Å². The summed E-state index contributed by atoms with van der Waals surface area (Å²) in [5, 5.41) is 18.3. The average Bonchev–Trinajstić information content (AvgIpc) is 2.55. The second-order valence-electron chi connectivity index (χ2n) is 4.49. The molecule has 0 atom stereocenters. The Bertz CT molecular complexity index is 398. The number of nitrogens with zero attached hydrogens (tertiary/aromatic N) is 3. The van der Waals surface area contributed by atoms with E-state index < -0.39 is 0 Å². The molecular formula is C11H20N4O2. The summed E-state index contributed by atoms with van der Waals surface area (Å²) in [6.07, 6.45) is 1.54. The molecule has 0 aromatic carbocycles. The average molecular weight is 240 g/mol. The molecule has 96 valence electrons. The summed E-state index contributed by atoms with van der Waals surface area (Å²) in [4.78, 5) is 10.7. The molecule has 6 heteroatoms. The number of aryl methyl sites for hydroxylation is 2. The van der Waals surface area contributed by atoms with Crippen molar-refractivity contribution in [1.29, 1.82) is 0 Å². The number of hydrogen-bond donors (Lipinski definition) is 1. The van der Waals surface area contributed by atoms with E-state index >= 15 is 0 Å². The second-order valence-corrected chi connectivity index (χ2v) is 4.49. The molecular weight excluding hydrogens is 220 g/mol. The van der Waals surface area contributed by atoms with E-state index in [9.17, 15) is 10.1 Å². The van der Waals surface area contributed by atoms with E-state index in [2.05, 4.69) is 24.3 Å². The lowest BCUT2D eigenvalue weighted by Crippen LogP contribution is -2.09. The van der Waals surface area contributed by atoms with Gasteiger partial charge in [0, 0.05) is 13.6 Å². The largest absolute Gasteiger partial charge is 0.365 e. The van der Waals surface area contributed by atoms with Crippen molar-refractivity contribution in [3.63, 3.8) is 0 Å². The Morgan fingerprint density at radius 2 is 2.18 bits per heavy atom. The van der Waals surface area contributed by atoms with Gasteiger partial charge in [-0.05, 0) is 18.8 Å². The highest BCUT2D eigenvalue weighted by Gasteiger charge is 2.25. The molecule has 1 heterocycles. The third-order valence-electron chi connectivity index (χ3n) is 2.62. The van der Waals surface area contributed by atoms with Crippen molar-refractivity contribution in [3.05, 3.63) is 15.8 Å². The first-order chi connectivity index (χ1) is 7.97. The number of nitro groups is 1. The maximum absolute atomic E-state index is 11.0. The van der Waals surface area contributed by atoms with E-state index in [-0.39, 0.29) is 10.6 Å². The van der Waals surface area contributed by atoms with Crippen LogP contribution in [0.1, 0.15) is 32.9 Å². The predicted molar refractivity (Wildman–Crippen MR) is 67.2 cm³/mol. The van der Waals surface area contributed by atoms with Crippen LogP contribution in [0.3, 0.4) is 0 Å². The van der Waals surface area contributed by atoms with Gasteiger partial charge in [-0.15, -0.1) is 0 Å². The standard InChI is InChI=1S/C11H20N4O2/c1-5-9-10(15(16)17)11(14(4)13-9)12-7-6-8(2)3/h8,12H,5-7H2,1-4H3. The smallest absolute Gasteiger partial charge is 0.333 e. The summed E-state index contributed by atoms with van der Waals surface area (Å²) in [5.74, 6) is 1.08. The summed E-state index contributed by atoms with van der Waals surface area (Å²) in [5.41, 5.74) is 0.642. The van der Waals surface area contributed by atoms with Gasteiger partial charge in [0.15, 0.2) is 0 Å². The Hall–Kier alpha value is -1.59. The zero-order chi connectivity index (χ0) is 13.0. The lowest BCUT2D eigenvalue weighted by molar-refractivity contribution is -0.384. The topological polar surface area (TPSA) is 73.0 Å². The first kappa shape index (κ1) is 13.5. The van der Waals surface area contributed by atoms with Crippen LogP contribution >= 0.6 is 0 Å². The van der Waals surface area contributed by atoms with Crippen LogP contribution in [-0.2, 0) is 13.5 Å². The molecule has 1 aromatic rings. The van der Waals surface area contributed by atoms with Gasteiger partial charge in [0.1, 0.15) is 5.69 Å². The van der Waals surface area contributed by atoms with Crippen LogP contribution in [0, 0.1) is 16.0 Å². The fourth-order valence-corrected chi connectivity index (χ4v) is 1.68. The van der Waals surface area contributed by atoms with E-state index in [4.69, 9.17) is 0 Å². The number of anilines is 1. The molecule has 0 saturated carbocycles. The van der Waals surface area contributed by atoms with Gasteiger partial charge in [-0.2, -0.15) is 5.10 Å². The molecule has 6 nitrogen and oxygen atoms in total. The fraction of sp³-hybridized carbons (Fsp3) is 0.727. The highest BCUT2D eigenvalue weighted by atomic mass is 16.6. The highest BCUT2D eigenvalue weighted by molar-refractivity contribution is 5.59. The molecule has 1 N–H and O–H groups in total. The molecule has 1 aromatic heterocycles. The van der Waals surface area contributed by atoms with Gasteiger partial charge >= 0.3 is 5.69 Å². The van der Waals surface area contributed by atoms with Crippen molar-refractivity contribution < 1.29 is 4.92 Å². The normalized spacial score (nSPS) is 10.9. The molecule has 1 rings (SSSR count). The molecule has 0 amide bonds. The Morgan fingerprint density at radius 1 is 1.53 bits per heavy atom. The van der Waals surface area contributed by atoms with Crippen molar-refractivity contribution in [3.8, 4) is 0 Å². The summed E-state index contributed by atoms with van der Waals surface area (Å²) >= 11 is 0. The number of rotatable bonds is 6. The monoisotopic (exact) mass is 240 g/mol. The van der Waals surface area contributed by atoms with Crippen molar-refractivity contribution in [2.75, 3.05) is 11.9 Å². The minimum atomic E-state index is -0.358. The van der Waals surface area contributed by atoms with Gasteiger partial charge in [0.2, 0.25) is 5.82 Å². The first-order valence-corrected chi connectivity index (χ1v) is 5.91. The SMILES string of the molecule is CCc1nn(C)c(NCCC(C)C)c1[N+](=O)[O-]. The molecule has 0 unspecified atom stereocenters. The van der Waals surface area contributed by atoms with Crippen LogP contribution < -0.4 is 5.32 Å². The van der Waals surface area contributed by atoms with Crippen LogP contribution in [0.5, 0.6) is 0 Å². The number of aromatic nitrogens is 2. The quantitative estimate of drug-likeness (QED) is 0.612. The van der Waals surface area contributed by atoms with Gasteiger partial charge in [-0.25, -0.2) is 4.68 Å². The fourth-order valence-electron chi connectivity index (χ4n) is 1.68. The van der Waals surface area contributed by atoms with E-state index in [0.717, 1.165) is 13.0 Å². The highest BCUT2D eigenvalue weighted by Crippen LogP contribution is 2.28. The Kier molecular flexibility index (Phi) is 4.48. The van der Waals surface area contributed by atoms with Crippen molar-refractivity contribution in [2.24, 2.45) is 13.0 Å². The zero-order valence-electron chi connectivity index (χ0n) is 10.9. The second kappa shape index (κ2) is 5.65. The summed E-state index contributed by atoms with van der Waals surface area (Å²) in [7, 11) is 1.73. The minimum Gasteiger partial charge on any atom is -0.365 e. The van der Waals surface area contributed by atoms with E-state index in [1.165, 1.54) is 0 Å². The zero-order valence-corrected chi connectivity index (χ0v) is 10.9. The van der Waals surface area contributed by atoms with Gasteiger partial charge in [-0.1, -0.05) is 20.8 Å². The molecule has 0 spiro atoms. The van der Waals surface area contributed by atoms with E-state index in [0.29, 0.717) is 23.9 Å². The maximum atomic E-state index is 11.0. The molecule has 17 heavy (non-hydrogen) atoms. The molecule has 0 radical (unpaired) electrons. The van der Waals surface area contributed by atoms with Crippen molar-refractivity contribution in [1.82, 2.24) is 9.78 Å². The Morgan fingerprint density at radius 3 is 2.65 bits per heavy atom.